The summed E-state index contributed by atoms with van der Waals surface area (Å²) in [5, 5.41) is 10.7. The molecule has 1 fully saturated rings. The number of aromatic nitrogens is 1. The second-order valence-corrected chi connectivity index (χ2v) is 4.95. The van der Waals surface area contributed by atoms with Crippen LogP contribution < -0.4 is 0 Å². The van der Waals surface area contributed by atoms with Gasteiger partial charge in [0.15, 0.2) is 0 Å². The largest absolute Gasteiger partial charge is 0.389 e. The highest BCUT2D eigenvalue weighted by Gasteiger charge is 2.37. The van der Waals surface area contributed by atoms with Crippen LogP contribution in [0.25, 0.3) is 0 Å². The van der Waals surface area contributed by atoms with Gasteiger partial charge in [-0.25, -0.2) is 0 Å². The van der Waals surface area contributed by atoms with Crippen LogP contribution >= 0.6 is 0 Å². The van der Waals surface area contributed by atoms with Crippen LogP contribution in [0.1, 0.15) is 44.7 Å². The Morgan fingerprint density at radius 3 is 3.00 bits per heavy atom. The van der Waals surface area contributed by atoms with Gasteiger partial charge in [-0.1, -0.05) is 32.3 Å². The Kier molecular flexibility index (Phi) is 3.59. The maximum Gasteiger partial charge on any atom is 0.0730 e. The molecule has 1 aromatic rings. The highest BCUT2D eigenvalue weighted by Crippen LogP contribution is 2.37. The molecule has 88 valence electrons. The molecule has 1 heterocycles. The van der Waals surface area contributed by atoms with E-state index in [1.807, 2.05) is 24.4 Å². The summed E-state index contributed by atoms with van der Waals surface area (Å²) in [6, 6.07) is 5.93. The summed E-state index contributed by atoms with van der Waals surface area (Å²) in [5.41, 5.74) is 0.506. The van der Waals surface area contributed by atoms with Crippen LogP contribution in [0, 0.1) is 5.92 Å². The molecule has 0 aliphatic heterocycles. The van der Waals surface area contributed by atoms with E-state index >= 15 is 0 Å². The van der Waals surface area contributed by atoms with Crippen LogP contribution in [-0.4, -0.2) is 15.7 Å². The van der Waals surface area contributed by atoms with Crippen LogP contribution in [0.3, 0.4) is 0 Å². The molecule has 0 radical (unpaired) electrons. The van der Waals surface area contributed by atoms with Gasteiger partial charge in [-0.2, -0.15) is 0 Å². The minimum Gasteiger partial charge on any atom is -0.389 e. The maximum atomic E-state index is 10.7. The summed E-state index contributed by atoms with van der Waals surface area (Å²) in [6.07, 6.45) is 8.11. The molecule has 2 unspecified atom stereocenters. The monoisotopic (exact) mass is 219 g/mol. The molecular formula is C14H21NO. The minimum atomic E-state index is -0.513. The van der Waals surface area contributed by atoms with Crippen LogP contribution in [0.4, 0.5) is 0 Å². The number of pyridine rings is 1. The first kappa shape index (κ1) is 11.6. The Hall–Kier alpha value is -0.890. The molecule has 0 bridgehead atoms. The summed E-state index contributed by atoms with van der Waals surface area (Å²) in [6.45, 7) is 2.18. The van der Waals surface area contributed by atoms with E-state index in [-0.39, 0.29) is 0 Å². The molecule has 2 atom stereocenters. The van der Waals surface area contributed by atoms with E-state index in [1.165, 1.54) is 12.8 Å². The molecule has 1 aromatic heterocycles. The lowest BCUT2D eigenvalue weighted by atomic mass is 9.72. The first-order chi connectivity index (χ1) is 7.74. The van der Waals surface area contributed by atoms with E-state index in [0.717, 1.165) is 25.0 Å². The fourth-order valence-corrected chi connectivity index (χ4v) is 2.93. The van der Waals surface area contributed by atoms with Crippen molar-refractivity contribution in [1.82, 2.24) is 4.98 Å². The zero-order valence-electron chi connectivity index (χ0n) is 10.0. The van der Waals surface area contributed by atoms with E-state index in [0.29, 0.717) is 12.3 Å². The first-order valence-corrected chi connectivity index (χ1v) is 6.37. The smallest absolute Gasteiger partial charge is 0.0730 e. The van der Waals surface area contributed by atoms with Gasteiger partial charge in [0.25, 0.3) is 0 Å². The van der Waals surface area contributed by atoms with Crippen molar-refractivity contribution in [3.8, 4) is 0 Å². The van der Waals surface area contributed by atoms with Crippen molar-refractivity contribution >= 4 is 0 Å². The summed E-state index contributed by atoms with van der Waals surface area (Å²) >= 11 is 0. The third kappa shape index (κ3) is 2.43. The molecule has 1 aliphatic rings. The van der Waals surface area contributed by atoms with Gasteiger partial charge in [-0.15, -0.1) is 0 Å². The summed E-state index contributed by atoms with van der Waals surface area (Å²) < 4.78 is 0. The summed E-state index contributed by atoms with van der Waals surface area (Å²) in [7, 11) is 0. The molecule has 1 aliphatic carbocycles. The Balaban J connectivity index is 2.11. The van der Waals surface area contributed by atoms with Gasteiger partial charge >= 0.3 is 0 Å². The zero-order valence-corrected chi connectivity index (χ0v) is 10.0. The van der Waals surface area contributed by atoms with Crippen molar-refractivity contribution in [3.63, 3.8) is 0 Å². The van der Waals surface area contributed by atoms with Crippen LogP contribution in [-0.2, 0) is 6.42 Å². The molecule has 0 spiro atoms. The number of hydrogen-bond donors (Lipinski definition) is 1. The zero-order chi connectivity index (χ0) is 11.4. The minimum absolute atomic E-state index is 0.447. The quantitative estimate of drug-likeness (QED) is 0.848. The lowest BCUT2D eigenvalue weighted by Crippen LogP contribution is -2.42. The summed E-state index contributed by atoms with van der Waals surface area (Å²) in [4.78, 5) is 4.33. The van der Waals surface area contributed by atoms with Gasteiger partial charge in [-0.3, -0.25) is 4.98 Å². The van der Waals surface area contributed by atoms with Gasteiger partial charge in [0, 0.05) is 18.3 Å². The summed E-state index contributed by atoms with van der Waals surface area (Å²) in [5.74, 6) is 0.447. The highest BCUT2D eigenvalue weighted by atomic mass is 16.3. The van der Waals surface area contributed by atoms with Crippen molar-refractivity contribution < 1.29 is 5.11 Å². The predicted molar refractivity (Wildman–Crippen MR) is 65.1 cm³/mol. The standard InChI is InChI=1S/C14H21NO/c1-2-12-7-3-5-9-14(12,16)11-13-8-4-6-10-15-13/h4,6,8,10,12,16H,2-3,5,7,9,11H2,1H3. The number of hydrogen-bond acceptors (Lipinski definition) is 2. The average Bonchev–Trinajstić information content (AvgIpc) is 2.30. The topological polar surface area (TPSA) is 33.1 Å². The molecule has 0 amide bonds. The third-order valence-electron chi connectivity index (χ3n) is 3.88. The SMILES string of the molecule is CCC1CCCCC1(O)Cc1ccccn1. The lowest BCUT2D eigenvalue weighted by Gasteiger charge is -2.39. The molecule has 1 N–H and O–H groups in total. The lowest BCUT2D eigenvalue weighted by molar-refractivity contribution is -0.0498. The Bertz CT molecular complexity index is 325. The van der Waals surface area contributed by atoms with Crippen molar-refractivity contribution in [2.75, 3.05) is 0 Å². The fourth-order valence-electron chi connectivity index (χ4n) is 2.93. The Morgan fingerprint density at radius 1 is 1.44 bits per heavy atom. The van der Waals surface area contributed by atoms with Gasteiger partial charge < -0.3 is 5.11 Å². The Morgan fingerprint density at radius 2 is 2.31 bits per heavy atom. The number of aliphatic hydroxyl groups is 1. The van der Waals surface area contributed by atoms with E-state index in [1.54, 1.807) is 0 Å². The fraction of sp³-hybridized carbons (Fsp3) is 0.643. The van der Waals surface area contributed by atoms with Crippen LogP contribution in [0.2, 0.25) is 0 Å². The van der Waals surface area contributed by atoms with Gasteiger partial charge in [0.05, 0.1) is 5.60 Å². The second-order valence-electron chi connectivity index (χ2n) is 4.95. The normalized spacial score (nSPS) is 30.2. The van der Waals surface area contributed by atoms with Crippen molar-refractivity contribution in [1.29, 1.82) is 0 Å². The van der Waals surface area contributed by atoms with Gasteiger partial charge in [0.1, 0.15) is 0 Å². The molecule has 16 heavy (non-hydrogen) atoms. The van der Waals surface area contributed by atoms with Crippen LogP contribution in [0.15, 0.2) is 24.4 Å². The van der Waals surface area contributed by atoms with Crippen molar-refractivity contribution in [2.24, 2.45) is 5.92 Å². The van der Waals surface area contributed by atoms with Crippen molar-refractivity contribution in [3.05, 3.63) is 30.1 Å². The van der Waals surface area contributed by atoms with E-state index in [2.05, 4.69) is 11.9 Å². The highest BCUT2D eigenvalue weighted by molar-refractivity contribution is 5.08. The number of rotatable bonds is 3. The van der Waals surface area contributed by atoms with Gasteiger partial charge in [0.2, 0.25) is 0 Å². The number of nitrogens with zero attached hydrogens (tertiary/aromatic N) is 1. The molecule has 0 aromatic carbocycles. The van der Waals surface area contributed by atoms with E-state index in [9.17, 15) is 5.11 Å². The third-order valence-corrected chi connectivity index (χ3v) is 3.88. The molecular weight excluding hydrogens is 198 g/mol. The Labute approximate surface area is 97.7 Å². The average molecular weight is 219 g/mol. The maximum absolute atomic E-state index is 10.7. The van der Waals surface area contributed by atoms with E-state index in [4.69, 9.17) is 0 Å². The first-order valence-electron chi connectivity index (χ1n) is 6.37. The van der Waals surface area contributed by atoms with Crippen molar-refractivity contribution in [2.45, 2.75) is 51.0 Å². The van der Waals surface area contributed by atoms with Crippen LogP contribution in [0.5, 0.6) is 0 Å². The molecule has 0 saturated heterocycles. The van der Waals surface area contributed by atoms with Gasteiger partial charge in [-0.05, 0) is 30.9 Å². The molecule has 2 nitrogen and oxygen atoms in total. The van der Waals surface area contributed by atoms with E-state index < -0.39 is 5.60 Å². The molecule has 2 heteroatoms. The second kappa shape index (κ2) is 4.96. The molecule has 1 saturated carbocycles. The predicted octanol–water partition coefficient (Wildman–Crippen LogP) is 2.96. The molecule has 2 rings (SSSR count).